The van der Waals surface area contributed by atoms with Crippen LogP contribution in [-0.2, 0) is 16.7 Å². The van der Waals surface area contributed by atoms with E-state index in [1.165, 1.54) is 9.78 Å². The van der Waals surface area contributed by atoms with Crippen molar-refractivity contribution in [3.63, 3.8) is 0 Å². The topological polar surface area (TPSA) is 77.4 Å². The molecule has 1 aromatic heterocycles. The maximum absolute atomic E-state index is 9.48. The van der Waals surface area contributed by atoms with Crippen LogP contribution in [0.1, 0.15) is 59.3 Å². The van der Waals surface area contributed by atoms with Gasteiger partial charge in [-0.1, -0.05) is 34.6 Å². The predicted molar refractivity (Wildman–Crippen MR) is 105 cm³/mol. The molecular formula is C19H31N5OS. The molecule has 0 spiro atoms. The number of aromatic nitrogens is 1. The number of hydrogen-bond donors (Lipinski definition) is 1. The molecule has 1 aliphatic rings. The highest BCUT2D eigenvalue weighted by Gasteiger charge is 2.23. The Balaban J connectivity index is 2.38. The quantitative estimate of drug-likeness (QED) is 0.376. The Labute approximate surface area is 160 Å². The molecule has 0 saturated carbocycles. The summed E-state index contributed by atoms with van der Waals surface area (Å²) in [5.41, 5.74) is 0.0129. The zero-order valence-electron chi connectivity index (χ0n) is 16.7. The van der Waals surface area contributed by atoms with Gasteiger partial charge in [0.15, 0.2) is 11.0 Å². The SMILES string of the molecule is CC(C)[C@H](C)N(C#N)C(=N)N=c1sc(C(C)(C)C)cn1C[C@H]1CCCO1. The fourth-order valence-corrected chi connectivity index (χ4v) is 3.79. The molecule has 1 aliphatic heterocycles. The molecule has 2 heterocycles. The second kappa shape index (κ2) is 8.36. The average Bonchev–Trinajstić information content (AvgIpc) is 3.18. The Bertz CT molecular complexity index is 728. The van der Waals surface area contributed by atoms with Gasteiger partial charge in [-0.25, -0.2) is 4.90 Å². The second-order valence-electron chi connectivity index (χ2n) is 8.31. The van der Waals surface area contributed by atoms with Crippen molar-refractivity contribution in [3.05, 3.63) is 15.9 Å². The number of rotatable bonds is 4. The van der Waals surface area contributed by atoms with Crippen LogP contribution >= 0.6 is 11.3 Å². The van der Waals surface area contributed by atoms with Crippen LogP contribution in [0.15, 0.2) is 11.2 Å². The van der Waals surface area contributed by atoms with Crippen LogP contribution in [0.4, 0.5) is 0 Å². The Morgan fingerprint density at radius 3 is 2.69 bits per heavy atom. The van der Waals surface area contributed by atoms with Gasteiger partial charge in [0.25, 0.3) is 0 Å². The third kappa shape index (κ3) is 4.95. The Morgan fingerprint density at radius 2 is 2.19 bits per heavy atom. The summed E-state index contributed by atoms with van der Waals surface area (Å²) in [5.74, 6) is 0.259. The lowest BCUT2D eigenvalue weighted by Crippen LogP contribution is -2.37. The number of hydrogen-bond acceptors (Lipinski definition) is 4. The minimum Gasteiger partial charge on any atom is -0.376 e. The van der Waals surface area contributed by atoms with Crippen LogP contribution in [0.3, 0.4) is 0 Å². The van der Waals surface area contributed by atoms with Gasteiger partial charge in [0.05, 0.1) is 12.6 Å². The fraction of sp³-hybridized carbons (Fsp3) is 0.737. The molecule has 26 heavy (non-hydrogen) atoms. The van der Waals surface area contributed by atoms with Crippen molar-refractivity contribution in [2.24, 2.45) is 10.9 Å². The molecule has 2 atom stereocenters. The molecular weight excluding hydrogens is 346 g/mol. The van der Waals surface area contributed by atoms with Crippen molar-refractivity contribution in [2.75, 3.05) is 6.61 Å². The largest absolute Gasteiger partial charge is 0.376 e. The van der Waals surface area contributed by atoms with E-state index in [-0.39, 0.29) is 29.4 Å². The minimum atomic E-state index is -0.0649. The number of nitrogens with zero attached hydrogens (tertiary/aromatic N) is 4. The highest BCUT2D eigenvalue weighted by molar-refractivity contribution is 7.09. The van der Waals surface area contributed by atoms with E-state index in [1.807, 2.05) is 20.8 Å². The molecule has 7 heteroatoms. The summed E-state index contributed by atoms with van der Waals surface area (Å²) in [4.78, 5) is 7.88. The molecule has 0 bridgehead atoms. The first-order valence-electron chi connectivity index (χ1n) is 9.28. The second-order valence-corrected chi connectivity index (χ2v) is 9.31. The van der Waals surface area contributed by atoms with Crippen LogP contribution < -0.4 is 4.80 Å². The predicted octanol–water partition coefficient (Wildman–Crippen LogP) is 3.69. The van der Waals surface area contributed by atoms with Crippen molar-refractivity contribution in [2.45, 2.75) is 78.5 Å². The molecule has 1 aromatic rings. The van der Waals surface area contributed by atoms with Gasteiger partial charge < -0.3 is 9.30 Å². The third-order valence-electron chi connectivity index (χ3n) is 4.79. The zero-order chi connectivity index (χ0) is 19.5. The van der Waals surface area contributed by atoms with Gasteiger partial charge in [0, 0.05) is 23.7 Å². The molecule has 1 fully saturated rings. The average molecular weight is 378 g/mol. The lowest BCUT2D eigenvalue weighted by molar-refractivity contribution is 0.0963. The Morgan fingerprint density at radius 1 is 1.50 bits per heavy atom. The van der Waals surface area contributed by atoms with E-state index >= 15 is 0 Å². The van der Waals surface area contributed by atoms with Gasteiger partial charge in [0.2, 0.25) is 5.96 Å². The first-order valence-corrected chi connectivity index (χ1v) is 10.1. The summed E-state index contributed by atoms with van der Waals surface area (Å²) in [7, 11) is 0. The van der Waals surface area contributed by atoms with E-state index < -0.39 is 0 Å². The van der Waals surface area contributed by atoms with Gasteiger partial charge in [-0.3, -0.25) is 5.41 Å². The van der Waals surface area contributed by atoms with Gasteiger partial charge in [-0.05, 0) is 31.1 Å². The fourth-order valence-electron chi connectivity index (χ4n) is 2.73. The maximum atomic E-state index is 9.48. The van der Waals surface area contributed by atoms with Gasteiger partial charge in [-0.2, -0.15) is 10.3 Å². The minimum absolute atomic E-state index is 0.00269. The van der Waals surface area contributed by atoms with Crippen LogP contribution in [0.5, 0.6) is 0 Å². The van der Waals surface area contributed by atoms with E-state index in [0.29, 0.717) is 0 Å². The first-order chi connectivity index (χ1) is 12.1. The molecule has 0 aliphatic carbocycles. The van der Waals surface area contributed by atoms with E-state index in [2.05, 4.69) is 42.7 Å². The van der Waals surface area contributed by atoms with Crippen molar-refractivity contribution in [3.8, 4) is 6.19 Å². The van der Waals surface area contributed by atoms with Gasteiger partial charge >= 0.3 is 0 Å². The summed E-state index contributed by atoms with van der Waals surface area (Å²) in [6.07, 6.45) is 6.60. The lowest BCUT2D eigenvalue weighted by atomic mass is 9.95. The molecule has 144 valence electrons. The molecule has 2 rings (SSSR count). The van der Waals surface area contributed by atoms with Gasteiger partial charge in [0.1, 0.15) is 0 Å². The Kier molecular flexibility index (Phi) is 6.64. The standard InChI is InChI=1S/C19H31N5OS/c1-13(2)14(3)24(12-20)17(21)22-18-23(10-15-8-7-9-25-15)11-16(26-18)19(4,5)6/h11,13-15,21H,7-10H2,1-6H3/t14-,15+/m0/s1. The van der Waals surface area contributed by atoms with E-state index in [1.54, 1.807) is 11.3 Å². The molecule has 0 radical (unpaired) electrons. The summed E-state index contributed by atoms with van der Waals surface area (Å²) < 4.78 is 7.86. The Hall–Kier alpha value is -1.65. The van der Waals surface area contributed by atoms with E-state index in [0.717, 1.165) is 30.8 Å². The maximum Gasteiger partial charge on any atom is 0.234 e. The normalized spacial score (nSPS) is 19.6. The summed E-state index contributed by atoms with van der Waals surface area (Å²) in [5, 5.41) is 17.8. The number of nitriles is 1. The smallest absolute Gasteiger partial charge is 0.234 e. The summed E-state index contributed by atoms with van der Waals surface area (Å²) in [6.45, 7) is 14.1. The van der Waals surface area contributed by atoms with Crippen LogP contribution in [0.25, 0.3) is 0 Å². The van der Waals surface area contributed by atoms with Crippen molar-refractivity contribution in [1.82, 2.24) is 9.47 Å². The van der Waals surface area contributed by atoms with Crippen molar-refractivity contribution >= 4 is 17.3 Å². The highest BCUT2D eigenvalue weighted by atomic mass is 32.1. The molecule has 0 amide bonds. The number of nitrogens with one attached hydrogen (secondary N) is 1. The molecule has 1 N–H and O–H groups in total. The zero-order valence-corrected chi connectivity index (χ0v) is 17.6. The van der Waals surface area contributed by atoms with Crippen LogP contribution in [0, 0.1) is 22.8 Å². The van der Waals surface area contributed by atoms with Crippen molar-refractivity contribution < 1.29 is 4.74 Å². The summed E-state index contributed by atoms with van der Waals surface area (Å²) >= 11 is 1.59. The molecule has 6 nitrogen and oxygen atoms in total. The monoisotopic (exact) mass is 377 g/mol. The summed E-state index contributed by atoms with van der Waals surface area (Å²) in [6, 6.07) is -0.0649. The van der Waals surface area contributed by atoms with Gasteiger partial charge in [-0.15, -0.1) is 11.3 Å². The first kappa shape index (κ1) is 20.7. The molecule has 1 saturated heterocycles. The van der Waals surface area contributed by atoms with Crippen LogP contribution in [0.2, 0.25) is 0 Å². The molecule has 0 unspecified atom stereocenters. The number of guanidine groups is 1. The third-order valence-corrected chi connectivity index (χ3v) is 6.24. The highest BCUT2D eigenvalue weighted by Crippen LogP contribution is 2.25. The van der Waals surface area contributed by atoms with E-state index in [4.69, 9.17) is 10.1 Å². The van der Waals surface area contributed by atoms with Crippen molar-refractivity contribution in [1.29, 1.82) is 10.7 Å². The number of ether oxygens (including phenoxy) is 1. The van der Waals surface area contributed by atoms with E-state index in [9.17, 15) is 5.26 Å². The molecule has 0 aromatic carbocycles. The number of thiazole rings is 1. The lowest BCUT2D eigenvalue weighted by Gasteiger charge is -2.24. The van der Waals surface area contributed by atoms with Crippen LogP contribution in [-0.4, -0.2) is 34.2 Å².